The third-order valence-corrected chi connectivity index (χ3v) is 2.12. The molecule has 15 heavy (non-hydrogen) atoms. The van der Waals surface area contributed by atoms with Gasteiger partial charge in [0, 0.05) is 16.1 Å². The molecule has 0 aromatic heterocycles. The van der Waals surface area contributed by atoms with E-state index in [2.05, 4.69) is 15.9 Å². The van der Waals surface area contributed by atoms with Gasteiger partial charge in [0.2, 0.25) is 0 Å². The summed E-state index contributed by atoms with van der Waals surface area (Å²) in [5.41, 5.74) is -0.864. The van der Waals surface area contributed by atoms with Gasteiger partial charge in [0.05, 0.1) is 11.3 Å². The Balaban J connectivity index is 3.13. The van der Waals surface area contributed by atoms with Crippen LogP contribution in [-0.4, -0.2) is 11.1 Å². The maximum absolute atomic E-state index is 12.1. The highest BCUT2D eigenvalue weighted by atomic mass is 79.9. The number of halogens is 4. The highest BCUT2D eigenvalue weighted by Crippen LogP contribution is 2.29. The molecular weight excluding hydrogens is 279 g/mol. The summed E-state index contributed by atoms with van der Waals surface area (Å²) in [5, 5.41) is 10.4. The van der Waals surface area contributed by atoms with E-state index >= 15 is 0 Å². The Bertz CT molecular complexity index is 392. The monoisotopic (exact) mass is 283 g/mol. The lowest BCUT2D eigenvalue weighted by atomic mass is 10.1. The van der Waals surface area contributed by atoms with Crippen LogP contribution in [0.3, 0.4) is 0 Å². The first kappa shape index (κ1) is 12.0. The fraction of sp³-hybridized carbons (Fsp3) is 0.250. The number of hydrogen-bond acceptors (Lipinski definition) is 2. The molecule has 0 amide bonds. The van der Waals surface area contributed by atoms with Crippen molar-refractivity contribution in [1.29, 1.82) is 0 Å². The van der Waals surface area contributed by atoms with Crippen LogP contribution in [0.2, 0.25) is 0 Å². The molecule has 0 heterocycles. The largest absolute Gasteiger partial charge is 0.393 e. The topological polar surface area (TPSA) is 43.1 Å². The van der Waals surface area contributed by atoms with Crippen LogP contribution in [0.1, 0.15) is 5.56 Å². The number of alkyl halides is 3. The van der Waals surface area contributed by atoms with E-state index in [1.54, 1.807) is 0 Å². The molecular formula is C8H5BrF3NO2. The van der Waals surface area contributed by atoms with Crippen molar-refractivity contribution in [2.75, 3.05) is 0 Å². The number of nitro groups is 1. The number of nitrogens with zero attached hydrogens (tertiary/aromatic N) is 1. The second-order valence-electron chi connectivity index (χ2n) is 2.82. The lowest BCUT2D eigenvalue weighted by Crippen LogP contribution is -2.12. The minimum absolute atomic E-state index is 0.345. The predicted molar refractivity (Wildman–Crippen MR) is 50.6 cm³/mol. The van der Waals surface area contributed by atoms with Gasteiger partial charge in [-0.15, -0.1) is 0 Å². The Labute approximate surface area is 91.2 Å². The highest BCUT2D eigenvalue weighted by Gasteiger charge is 2.31. The molecule has 0 atom stereocenters. The molecule has 3 nitrogen and oxygen atoms in total. The fourth-order valence-electron chi connectivity index (χ4n) is 1.09. The van der Waals surface area contributed by atoms with Gasteiger partial charge in [-0.2, -0.15) is 13.2 Å². The van der Waals surface area contributed by atoms with E-state index in [1.807, 2.05) is 0 Å². The Kier molecular flexibility index (Phi) is 3.33. The first-order valence-electron chi connectivity index (χ1n) is 3.79. The van der Waals surface area contributed by atoms with Crippen LogP contribution in [0.15, 0.2) is 22.7 Å². The SMILES string of the molecule is O=[N+]([O-])c1ccc(Br)cc1CC(F)(F)F. The van der Waals surface area contributed by atoms with E-state index in [9.17, 15) is 23.3 Å². The number of rotatable bonds is 2. The molecule has 0 radical (unpaired) electrons. The number of benzene rings is 1. The number of nitro benzene ring substituents is 1. The molecule has 0 aliphatic rings. The first-order valence-corrected chi connectivity index (χ1v) is 4.58. The molecule has 1 aromatic rings. The van der Waals surface area contributed by atoms with Crippen LogP contribution < -0.4 is 0 Å². The predicted octanol–water partition coefficient (Wildman–Crippen LogP) is 3.46. The summed E-state index contributed by atoms with van der Waals surface area (Å²) in [4.78, 5) is 9.62. The van der Waals surface area contributed by atoms with Crippen LogP contribution in [0, 0.1) is 10.1 Å². The van der Waals surface area contributed by atoms with Crippen molar-refractivity contribution in [3.63, 3.8) is 0 Å². The van der Waals surface area contributed by atoms with Crippen molar-refractivity contribution in [2.45, 2.75) is 12.6 Å². The molecule has 0 unspecified atom stereocenters. The minimum Gasteiger partial charge on any atom is -0.258 e. The summed E-state index contributed by atoms with van der Waals surface area (Å²) in [6, 6.07) is 3.48. The maximum atomic E-state index is 12.1. The molecule has 0 saturated heterocycles. The van der Waals surface area contributed by atoms with Gasteiger partial charge < -0.3 is 0 Å². The Hall–Kier alpha value is -1.11. The summed E-state index contributed by atoms with van der Waals surface area (Å²) in [5.74, 6) is 0. The van der Waals surface area contributed by atoms with Crippen LogP contribution >= 0.6 is 15.9 Å². The molecule has 0 aliphatic carbocycles. The molecule has 82 valence electrons. The molecule has 0 fully saturated rings. The van der Waals surface area contributed by atoms with Gasteiger partial charge in [0.25, 0.3) is 5.69 Å². The molecule has 0 saturated carbocycles. The summed E-state index contributed by atoms with van der Waals surface area (Å²) in [6.45, 7) is 0. The van der Waals surface area contributed by atoms with Gasteiger partial charge in [-0.1, -0.05) is 15.9 Å². The van der Waals surface area contributed by atoms with Crippen molar-refractivity contribution < 1.29 is 18.1 Å². The third kappa shape index (κ3) is 3.50. The van der Waals surface area contributed by atoms with Crippen LogP contribution in [0.5, 0.6) is 0 Å². The summed E-state index contributed by atoms with van der Waals surface area (Å²) < 4.78 is 36.6. The lowest BCUT2D eigenvalue weighted by molar-refractivity contribution is -0.386. The quantitative estimate of drug-likeness (QED) is 0.616. The van der Waals surface area contributed by atoms with Crippen LogP contribution in [0.4, 0.5) is 18.9 Å². The van der Waals surface area contributed by atoms with Gasteiger partial charge in [0.15, 0.2) is 0 Å². The van der Waals surface area contributed by atoms with Gasteiger partial charge in [0.1, 0.15) is 0 Å². The Morgan fingerprint density at radius 1 is 1.40 bits per heavy atom. The van der Waals surface area contributed by atoms with Gasteiger partial charge in [-0.05, 0) is 12.1 Å². The van der Waals surface area contributed by atoms with Gasteiger partial charge in [-0.25, -0.2) is 0 Å². The smallest absolute Gasteiger partial charge is 0.258 e. The van der Waals surface area contributed by atoms with Crippen molar-refractivity contribution in [3.8, 4) is 0 Å². The number of hydrogen-bond donors (Lipinski definition) is 0. The molecule has 1 rings (SSSR count). The third-order valence-electron chi connectivity index (χ3n) is 1.63. The van der Waals surface area contributed by atoms with E-state index in [1.165, 1.54) is 6.07 Å². The average molecular weight is 284 g/mol. The average Bonchev–Trinajstić information content (AvgIpc) is 1.99. The molecule has 0 aliphatic heterocycles. The maximum Gasteiger partial charge on any atom is 0.393 e. The second-order valence-corrected chi connectivity index (χ2v) is 3.74. The molecule has 0 spiro atoms. The van der Waals surface area contributed by atoms with Crippen molar-refractivity contribution in [2.24, 2.45) is 0 Å². The molecule has 0 N–H and O–H groups in total. The zero-order chi connectivity index (χ0) is 11.6. The summed E-state index contributed by atoms with van der Waals surface area (Å²) in [7, 11) is 0. The van der Waals surface area contributed by atoms with E-state index in [0.717, 1.165) is 12.1 Å². The van der Waals surface area contributed by atoms with Crippen molar-refractivity contribution >= 4 is 21.6 Å². The van der Waals surface area contributed by atoms with E-state index in [-0.39, 0.29) is 5.56 Å². The first-order chi connectivity index (χ1) is 6.79. The van der Waals surface area contributed by atoms with Crippen molar-refractivity contribution in [1.82, 2.24) is 0 Å². The fourth-order valence-corrected chi connectivity index (χ4v) is 1.50. The minimum atomic E-state index is -4.45. The van der Waals surface area contributed by atoms with E-state index < -0.39 is 23.2 Å². The summed E-state index contributed by atoms with van der Waals surface area (Å²) in [6.07, 6.45) is -5.76. The second kappa shape index (κ2) is 4.18. The summed E-state index contributed by atoms with van der Waals surface area (Å²) >= 11 is 2.96. The zero-order valence-electron chi connectivity index (χ0n) is 7.21. The highest BCUT2D eigenvalue weighted by molar-refractivity contribution is 9.10. The normalized spacial score (nSPS) is 11.5. The molecule has 1 aromatic carbocycles. The van der Waals surface area contributed by atoms with Gasteiger partial charge in [-0.3, -0.25) is 10.1 Å². The van der Waals surface area contributed by atoms with Crippen molar-refractivity contribution in [3.05, 3.63) is 38.3 Å². The molecule has 7 heteroatoms. The Morgan fingerprint density at radius 2 is 2.00 bits per heavy atom. The van der Waals surface area contributed by atoms with E-state index in [4.69, 9.17) is 0 Å². The standard InChI is InChI=1S/C8H5BrF3NO2/c9-6-1-2-7(13(14)15)5(3-6)4-8(10,11)12/h1-3H,4H2. The zero-order valence-corrected chi connectivity index (χ0v) is 8.80. The molecule has 0 bridgehead atoms. The lowest BCUT2D eigenvalue weighted by Gasteiger charge is -2.07. The van der Waals surface area contributed by atoms with E-state index in [0.29, 0.717) is 4.47 Å². The Morgan fingerprint density at radius 3 is 2.47 bits per heavy atom. The van der Waals surface area contributed by atoms with Gasteiger partial charge >= 0.3 is 6.18 Å². The van der Waals surface area contributed by atoms with Crippen LogP contribution in [-0.2, 0) is 6.42 Å². The van der Waals surface area contributed by atoms with Crippen LogP contribution in [0.25, 0.3) is 0 Å².